The molecule has 0 bridgehead atoms. The van der Waals surface area contributed by atoms with Crippen molar-refractivity contribution in [2.75, 3.05) is 66.7 Å². The standard InChI is InChI=1S/C28H34F6N2O5/c1-37-21-7-3-5-19(13-21)23-15-35(9-11-39-23)17-25(27(29,30)31)41-26(28(32,33)34)18-36-10-12-40-24(16-36)20-6-4-8-22(14-20)38-2/h3-8,13-14,23-26H,9-12,15-18H2,1-2H3/t23-,24-,25-,26-/m0/s1. The van der Waals surface area contributed by atoms with Crippen LogP contribution in [0.3, 0.4) is 0 Å². The van der Waals surface area contributed by atoms with Gasteiger partial charge >= 0.3 is 12.4 Å². The van der Waals surface area contributed by atoms with Crippen LogP contribution in [0.15, 0.2) is 48.5 Å². The van der Waals surface area contributed by atoms with Crippen LogP contribution in [0.1, 0.15) is 23.3 Å². The van der Waals surface area contributed by atoms with Crippen LogP contribution in [0.4, 0.5) is 26.3 Å². The highest BCUT2D eigenvalue weighted by Gasteiger charge is 2.50. The number of hydrogen-bond donors (Lipinski definition) is 0. The molecule has 0 aliphatic carbocycles. The average Bonchev–Trinajstić information content (AvgIpc) is 2.95. The molecular weight excluding hydrogens is 558 g/mol. The van der Waals surface area contributed by atoms with Crippen molar-refractivity contribution in [3.8, 4) is 11.5 Å². The quantitative estimate of drug-likeness (QED) is 0.359. The molecule has 0 amide bonds. The normalized spacial score (nSPS) is 22.7. The number of rotatable bonds is 10. The van der Waals surface area contributed by atoms with Gasteiger partial charge in [0.1, 0.15) is 11.5 Å². The average molecular weight is 593 g/mol. The van der Waals surface area contributed by atoms with E-state index in [2.05, 4.69) is 0 Å². The molecule has 2 aromatic carbocycles. The van der Waals surface area contributed by atoms with Gasteiger partial charge in [0, 0.05) is 39.3 Å². The number of alkyl halides is 6. The van der Waals surface area contributed by atoms with Gasteiger partial charge in [-0.05, 0) is 35.4 Å². The van der Waals surface area contributed by atoms with E-state index in [1.165, 1.54) is 24.0 Å². The van der Waals surface area contributed by atoms with Gasteiger partial charge in [0.25, 0.3) is 0 Å². The van der Waals surface area contributed by atoms with E-state index in [1.807, 2.05) is 0 Å². The molecule has 2 saturated heterocycles. The van der Waals surface area contributed by atoms with Crippen LogP contribution in [0.5, 0.6) is 11.5 Å². The van der Waals surface area contributed by atoms with Crippen LogP contribution in [0, 0.1) is 0 Å². The van der Waals surface area contributed by atoms with Gasteiger partial charge in [0.15, 0.2) is 12.2 Å². The number of halogens is 6. The maximum atomic E-state index is 14.1. The molecule has 0 aromatic heterocycles. The monoisotopic (exact) mass is 592 g/mol. The van der Waals surface area contributed by atoms with Gasteiger partial charge in [-0.2, -0.15) is 26.3 Å². The summed E-state index contributed by atoms with van der Waals surface area (Å²) in [5, 5.41) is 0. The van der Waals surface area contributed by atoms with Crippen LogP contribution in [0.25, 0.3) is 0 Å². The first-order valence-corrected chi connectivity index (χ1v) is 13.2. The zero-order valence-electron chi connectivity index (χ0n) is 22.8. The fourth-order valence-electron chi connectivity index (χ4n) is 4.94. The second-order valence-electron chi connectivity index (χ2n) is 9.99. The van der Waals surface area contributed by atoms with Crippen molar-refractivity contribution < 1.29 is 50.0 Å². The second-order valence-corrected chi connectivity index (χ2v) is 9.99. The lowest BCUT2D eigenvalue weighted by molar-refractivity contribution is -0.292. The van der Waals surface area contributed by atoms with Crippen molar-refractivity contribution in [1.82, 2.24) is 9.80 Å². The molecule has 0 saturated carbocycles. The smallest absolute Gasteiger partial charge is 0.415 e. The number of methoxy groups -OCH3 is 2. The first-order chi connectivity index (χ1) is 19.5. The van der Waals surface area contributed by atoms with E-state index < -0.39 is 49.9 Å². The number of ether oxygens (including phenoxy) is 5. The molecule has 2 aliphatic rings. The van der Waals surface area contributed by atoms with Crippen molar-refractivity contribution >= 4 is 0 Å². The molecule has 13 heteroatoms. The Morgan fingerprint density at radius 2 is 1.15 bits per heavy atom. The summed E-state index contributed by atoms with van der Waals surface area (Å²) in [5.74, 6) is 1.12. The van der Waals surface area contributed by atoms with Gasteiger partial charge in [-0.25, -0.2) is 0 Å². The van der Waals surface area contributed by atoms with E-state index in [0.717, 1.165) is 0 Å². The molecule has 4 atom stereocenters. The van der Waals surface area contributed by atoms with E-state index in [4.69, 9.17) is 23.7 Å². The van der Waals surface area contributed by atoms with Crippen LogP contribution in [-0.2, 0) is 14.2 Å². The van der Waals surface area contributed by atoms with Crippen molar-refractivity contribution in [2.45, 2.75) is 36.8 Å². The highest BCUT2D eigenvalue weighted by atomic mass is 19.4. The highest BCUT2D eigenvalue weighted by molar-refractivity contribution is 5.31. The van der Waals surface area contributed by atoms with Crippen molar-refractivity contribution in [2.24, 2.45) is 0 Å². The van der Waals surface area contributed by atoms with Crippen LogP contribution in [0.2, 0.25) is 0 Å². The van der Waals surface area contributed by atoms with Crippen LogP contribution < -0.4 is 9.47 Å². The van der Waals surface area contributed by atoms with Crippen molar-refractivity contribution in [1.29, 1.82) is 0 Å². The molecule has 7 nitrogen and oxygen atoms in total. The van der Waals surface area contributed by atoms with Crippen LogP contribution in [-0.4, -0.2) is 101 Å². The molecule has 2 fully saturated rings. The summed E-state index contributed by atoms with van der Waals surface area (Å²) in [6.07, 6.45) is -16.4. The molecule has 228 valence electrons. The molecule has 4 rings (SSSR count). The lowest BCUT2D eigenvalue weighted by atomic mass is 10.1. The number of nitrogens with zero attached hydrogens (tertiary/aromatic N) is 2. The van der Waals surface area contributed by atoms with E-state index in [-0.39, 0.29) is 39.4 Å². The molecule has 41 heavy (non-hydrogen) atoms. The second kappa shape index (κ2) is 13.6. The van der Waals surface area contributed by atoms with Crippen LogP contribution >= 0.6 is 0 Å². The minimum absolute atomic E-state index is 0.0610. The lowest BCUT2D eigenvalue weighted by Crippen LogP contribution is -2.53. The summed E-state index contributed by atoms with van der Waals surface area (Å²) >= 11 is 0. The molecule has 0 radical (unpaired) electrons. The molecule has 0 spiro atoms. The lowest BCUT2D eigenvalue weighted by Gasteiger charge is -2.38. The fourth-order valence-corrected chi connectivity index (χ4v) is 4.94. The highest BCUT2D eigenvalue weighted by Crippen LogP contribution is 2.33. The zero-order valence-corrected chi connectivity index (χ0v) is 22.8. The third-order valence-electron chi connectivity index (χ3n) is 7.14. The molecule has 0 N–H and O–H groups in total. The SMILES string of the molecule is COc1cccc([C@@H]2CN(C[C@H](O[C@@H](CN3CCO[C@H](c4cccc(OC)c4)C3)C(F)(F)F)C(F)(F)F)CCO2)c1. The van der Waals surface area contributed by atoms with Gasteiger partial charge in [0.05, 0.1) is 39.6 Å². The fraction of sp³-hybridized carbons (Fsp3) is 0.571. The van der Waals surface area contributed by atoms with Gasteiger partial charge in [-0.3, -0.25) is 9.80 Å². The maximum absolute atomic E-state index is 14.1. The minimum Gasteiger partial charge on any atom is -0.497 e. The molecular formula is C28H34F6N2O5. The summed E-state index contributed by atoms with van der Waals surface area (Å²) in [6.45, 7) is -0.900. The van der Waals surface area contributed by atoms with E-state index in [1.54, 1.807) is 48.5 Å². The number of morpholine rings is 2. The topological polar surface area (TPSA) is 52.6 Å². The molecule has 2 heterocycles. The van der Waals surface area contributed by atoms with Gasteiger partial charge < -0.3 is 23.7 Å². The molecule has 0 unspecified atom stereocenters. The Balaban J connectivity index is 1.43. The Bertz CT molecular complexity index is 1030. The van der Waals surface area contributed by atoms with Gasteiger partial charge in [0.2, 0.25) is 0 Å². The Labute approximate surface area is 234 Å². The Hall–Kier alpha value is -2.58. The van der Waals surface area contributed by atoms with Gasteiger partial charge in [-0.15, -0.1) is 0 Å². The third-order valence-corrected chi connectivity index (χ3v) is 7.14. The first kappa shape index (κ1) is 31.4. The Kier molecular flexibility index (Phi) is 10.4. The number of hydrogen-bond acceptors (Lipinski definition) is 7. The maximum Gasteiger partial charge on any atom is 0.415 e. The minimum atomic E-state index is -5.01. The van der Waals surface area contributed by atoms with E-state index in [9.17, 15) is 26.3 Å². The van der Waals surface area contributed by atoms with E-state index >= 15 is 0 Å². The Morgan fingerprint density at radius 3 is 1.51 bits per heavy atom. The summed E-state index contributed by atoms with van der Waals surface area (Å²) in [4.78, 5) is 2.85. The predicted octanol–water partition coefficient (Wildman–Crippen LogP) is 5.03. The third kappa shape index (κ3) is 8.71. The summed E-state index contributed by atoms with van der Waals surface area (Å²) < 4.78 is 111. The van der Waals surface area contributed by atoms with E-state index in [0.29, 0.717) is 22.6 Å². The number of benzene rings is 2. The predicted molar refractivity (Wildman–Crippen MR) is 137 cm³/mol. The summed E-state index contributed by atoms with van der Waals surface area (Å²) in [6, 6.07) is 13.9. The van der Waals surface area contributed by atoms with Crippen molar-refractivity contribution in [3.05, 3.63) is 59.7 Å². The first-order valence-electron chi connectivity index (χ1n) is 13.2. The molecule has 2 aliphatic heterocycles. The summed E-state index contributed by atoms with van der Waals surface area (Å²) in [5.41, 5.74) is 1.40. The largest absolute Gasteiger partial charge is 0.497 e. The summed E-state index contributed by atoms with van der Waals surface area (Å²) in [7, 11) is 2.98. The molecule has 2 aromatic rings. The van der Waals surface area contributed by atoms with Gasteiger partial charge in [-0.1, -0.05) is 24.3 Å². The zero-order chi connectivity index (χ0) is 29.6. The Morgan fingerprint density at radius 1 is 0.732 bits per heavy atom. The van der Waals surface area contributed by atoms with Crippen molar-refractivity contribution in [3.63, 3.8) is 0 Å².